The second kappa shape index (κ2) is 10.8. The highest BCUT2D eigenvalue weighted by Crippen LogP contribution is 2.45. The topological polar surface area (TPSA) is 52.6 Å². The van der Waals surface area contributed by atoms with Gasteiger partial charge in [0.2, 0.25) is 0 Å². The van der Waals surface area contributed by atoms with Gasteiger partial charge in [0.15, 0.2) is 0 Å². The summed E-state index contributed by atoms with van der Waals surface area (Å²) in [5, 5.41) is 0. The van der Waals surface area contributed by atoms with Crippen LogP contribution < -0.4 is 0 Å². The molecule has 0 heterocycles. The molecule has 26 heavy (non-hydrogen) atoms. The monoisotopic (exact) mass is 370 g/mol. The molecule has 2 saturated carbocycles. The van der Waals surface area contributed by atoms with E-state index in [9.17, 15) is 9.59 Å². The molecular weight excluding hydrogens is 348 g/mol. The molecule has 0 spiro atoms. The second-order valence-corrected chi connectivity index (χ2v) is 6.10. The van der Waals surface area contributed by atoms with Crippen LogP contribution in [0.5, 0.6) is 0 Å². The van der Waals surface area contributed by atoms with E-state index in [4.69, 9.17) is 9.47 Å². The van der Waals surface area contributed by atoms with Crippen LogP contribution in [0.15, 0.2) is 22.1 Å². The number of carbonyl (C=O) groups excluding carboxylic acids is 2. The fraction of sp³-hybridized carbons (Fsp3) is 0.238. The van der Waals surface area contributed by atoms with Crippen LogP contribution in [0.2, 0.25) is 0 Å². The van der Waals surface area contributed by atoms with Crippen molar-refractivity contribution in [3.8, 4) is 0 Å². The molecule has 136 valence electrons. The summed E-state index contributed by atoms with van der Waals surface area (Å²) < 4.78 is 10.3. The minimum atomic E-state index is -0.447. The molecule has 0 atom stereocenters. The van der Waals surface area contributed by atoms with Crippen molar-refractivity contribution >= 4 is 23.7 Å². The molecular formula is C21H22O4S. The smallest absolute Gasteiger partial charge is 0.344 e. The number of hydrogen-bond donors (Lipinski definition) is 0. The fourth-order valence-electron chi connectivity index (χ4n) is 2.59. The Morgan fingerprint density at radius 1 is 0.923 bits per heavy atom. The van der Waals surface area contributed by atoms with E-state index in [0.717, 1.165) is 11.8 Å². The van der Waals surface area contributed by atoms with E-state index in [-0.39, 0.29) is 13.2 Å². The Morgan fingerprint density at radius 3 is 1.96 bits per heavy atom. The first-order chi connectivity index (χ1) is 12.6. The Labute approximate surface area is 161 Å². The van der Waals surface area contributed by atoms with Gasteiger partial charge in [0.05, 0.1) is 18.1 Å². The van der Waals surface area contributed by atoms with Crippen molar-refractivity contribution in [2.75, 3.05) is 19.5 Å². The highest BCUT2D eigenvalue weighted by atomic mass is 32.2. The molecule has 2 aliphatic rings. The molecule has 0 amide bonds. The van der Waals surface area contributed by atoms with Gasteiger partial charge in [-0.15, -0.1) is 11.8 Å². The van der Waals surface area contributed by atoms with Crippen LogP contribution in [0.4, 0.5) is 0 Å². The maximum absolute atomic E-state index is 12.6. The van der Waals surface area contributed by atoms with Gasteiger partial charge in [0, 0.05) is 17.9 Å². The van der Waals surface area contributed by atoms with Gasteiger partial charge in [-0.2, -0.15) is 0 Å². The lowest BCUT2D eigenvalue weighted by molar-refractivity contribution is -0.138. The van der Waals surface area contributed by atoms with E-state index in [1.807, 2.05) is 57.6 Å². The molecule has 0 N–H and O–H groups in total. The quantitative estimate of drug-likeness (QED) is 0.372. The standard InChI is InChI=1S/C21H22O4S/c1-4-24-18(22)14-17(15-10-6-7-11-15)19(16-12-8-9-13-16)20(26-3)21(23)25-5-2/h6-14H,4-5H2,1-3H3/b17-14-,20-19+. The predicted molar refractivity (Wildman–Crippen MR) is 103 cm³/mol. The fourth-order valence-corrected chi connectivity index (χ4v) is 3.25. The third-order valence-corrected chi connectivity index (χ3v) is 4.41. The Kier molecular flexibility index (Phi) is 8.76. The Morgan fingerprint density at radius 2 is 1.46 bits per heavy atom. The van der Waals surface area contributed by atoms with Crippen LogP contribution in [0.25, 0.3) is 0 Å². The summed E-state index contributed by atoms with van der Waals surface area (Å²) in [6.45, 7) is 4.09. The first-order valence-corrected chi connectivity index (χ1v) is 9.63. The van der Waals surface area contributed by atoms with E-state index >= 15 is 0 Å². The first-order valence-electron chi connectivity index (χ1n) is 8.40. The van der Waals surface area contributed by atoms with Gasteiger partial charge in [-0.05, 0) is 82.6 Å². The van der Waals surface area contributed by atoms with Gasteiger partial charge in [-0.25, -0.2) is 9.59 Å². The van der Waals surface area contributed by atoms with Crippen LogP contribution in [-0.2, 0) is 19.1 Å². The summed E-state index contributed by atoms with van der Waals surface area (Å²) >= 11 is 1.30. The molecule has 0 aliphatic heterocycles. The Hall–Kier alpha value is -1.23. The number of ether oxygens (including phenoxy) is 2. The van der Waals surface area contributed by atoms with Gasteiger partial charge < -0.3 is 9.47 Å². The summed E-state index contributed by atoms with van der Waals surface area (Å²) in [6.07, 6.45) is 18.4. The number of hydrogen-bond acceptors (Lipinski definition) is 5. The summed E-state index contributed by atoms with van der Waals surface area (Å²) in [6, 6.07) is 0. The van der Waals surface area contributed by atoms with Crippen LogP contribution in [0.1, 0.15) is 13.8 Å². The third-order valence-electron chi connectivity index (χ3n) is 3.64. The van der Waals surface area contributed by atoms with Crippen LogP contribution in [0.3, 0.4) is 0 Å². The zero-order valence-electron chi connectivity index (χ0n) is 15.2. The minimum absolute atomic E-state index is 0.282. The maximum atomic E-state index is 12.6. The van der Waals surface area contributed by atoms with Gasteiger partial charge in [0.25, 0.3) is 0 Å². The minimum Gasteiger partial charge on any atom is -0.463 e. The molecule has 0 aromatic rings. The summed E-state index contributed by atoms with van der Waals surface area (Å²) in [4.78, 5) is 25.2. The first kappa shape index (κ1) is 21.1. The van der Waals surface area contributed by atoms with Crippen molar-refractivity contribution in [3.63, 3.8) is 0 Å². The predicted octanol–water partition coefficient (Wildman–Crippen LogP) is 3.47. The average Bonchev–Trinajstić information content (AvgIpc) is 3.31. The van der Waals surface area contributed by atoms with Crippen molar-refractivity contribution < 1.29 is 19.1 Å². The zero-order valence-corrected chi connectivity index (χ0v) is 16.0. The molecule has 0 bridgehead atoms. The highest BCUT2D eigenvalue weighted by Gasteiger charge is 2.34. The van der Waals surface area contributed by atoms with E-state index in [1.165, 1.54) is 17.8 Å². The molecule has 0 unspecified atom stereocenters. The number of esters is 2. The van der Waals surface area contributed by atoms with Crippen molar-refractivity contribution in [1.82, 2.24) is 0 Å². The highest BCUT2D eigenvalue weighted by molar-refractivity contribution is 8.03. The van der Waals surface area contributed by atoms with E-state index in [1.54, 1.807) is 13.8 Å². The van der Waals surface area contributed by atoms with Crippen molar-refractivity contribution in [2.24, 2.45) is 0 Å². The molecule has 10 radical (unpaired) electrons. The molecule has 2 fully saturated rings. The maximum Gasteiger partial charge on any atom is 0.344 e. The lowest BCUT2D eigenvalue weighted by Crippen LogP contribution is -2.17. The number of allylic oxidation sites excluding steroid dienone is 2. The molecule has 2 rings (SSSR count). The number of carbonyl (C=O) groups is 2. The molecule has 0 aromatic carbocycles. The van der Waals surface area contributed by atoms with E-state index in [2.05, 4.69) is 0 Å². The van der Waals surface area contributed by atoms with Crippen LogP contribution in [-0.4, -0.2) is 31.4 Å². The van der Waals surface area contributed by atoms with Gasteiger partial charge in [-0.1, -0.05) is 0 Å². The number of thioether (sulfide) groups is 1. The van der Waals surface area contributed by atoms with E-state index < -0.39 is 11.9 Å². The van der Waals surface area contributed by atoms with Gasteiger partial charge >= 0.3 is 11.9 Å². The number of rotatable bonds is 8. The zero-order chi connectivity index (χ0) is 18.9. The largest absolute Gasteiger partial charge is 0.463 e. The SMILES string of the molecule is CCOC(=O)/C=C([C]1[CH][CH][CH][CH]1)\C([C]1[CH][CH][CH][CH]1)=C(\SC)C(=O)OCC. The summed E-state index contributed by atoms with van der Waals surface area (Å²) in [7, 11) is 0. The van der Waals surface area contributed by atoms with Crippen LogP contribution >= 0.6 is 11.8 Å². The van der Waals surface area contributed by atoms with Crippen molar-refractivity contribution in [1.29, 1.82) is 0 Å². The third kappa shape index (κ3) is 5.38. The lowest BCUT2D eigenvalue weighted by atomic mass is 9.82. The lowest BCUT2D eigenvalue weighted by Gasteiger charge is -2.24. The summed E-state index contributed by atoms with van der Waals surface area (Å²) in [5.41, 5.74) is 1.30. The normalized spacial score (nSPS) is 20.2. The van der Waals surface area contributed by atoms with Crippen molar-refractivity contribution in [3.05, 3.63) is 85.3 Å². The van der Waals surface area contributed by atoms with Crippen molar-refractivity contribution in [2.45, 2.75) is 13.8 Å². The van der Waals surface area contributed by atoms with E-state index in [0.29, 0.717) is 16.1 Å². The second-order valence-electron chi connectivity index (χ2n) is 5.29. The Balaban J connectivity index is 2.52. The van der Waals surface area contributed by atoms with Crippen LogP contribution in [0, 0.1) is 63.2 Å². The molecule has 2 aliphatic carbocycles. The average molecular weight is 370 g/mol. The molecule has 0 saturated heterocycles. The Bertz CT molecular complexity index is 552. The van der Waals surface area contributed by atoms with Gasteiger partial charge in [-0.3, -0.25) is 0 Å². The van der Waals surface area contributed by atoms with Gasteiger partial charge in [0.1, 0.15) is 0 Å². The summed E-state index contributed by atoms with van der Waals surface area (Å²) in [5.74, 6) is 0.832. The molecule has 0 aromatic heterocycles. The molecule has 5 heteroatoms. The molecule has 4 nitrogen and oxygen atoms in total.